The van der Waals surface area contributed by atoms with Gasteiger partial charge in [-0.15, -0.1) is 0 Å². The molecule has 47 heavy (non-hydrogen) atoms. The first-order valence-corrected chi connectivity index (χ1v) is 15.6. The number of hydrogen-bond donors (Lipinski definition) is 0. The molecule has 0 aliphatic carbocycles. The summed E-state index contributed by atoms with van der Waals surface area (Å²) in [6.07, 6.45) is 0. The summed E-state index contributed by atoms with van der Waals surface area (Å²) in [5.41, 5.74) is 9.46. The van der Waals surface area contributed by atoms with Crippen molar-refractivity contribution in [3.63, 3.8) is 0 Å². The molecule has 0 atom stereocenters. The van der Waals surface area contributed by atoms with Crippen molar-refractivity contribution >= 4 is 32.8 Å². The van der Waals surface area contributed by atoms with Gasteiger partial charge in [0.1, 0.15) is 11.2 Å². The maximum Gasteiger partial charge on any atom is 0.164 e. The lowest BCUT2D eigenvalue weighted by Crippen LogP contribution is -2.00. The predicted octanol–water partition coefficient (Wildman–Crippen LogP) is 10.7. The third-order valence-corrected chi connectivity index (χ3v) is 8.53. The van der Waals surface area contributed by atoms with Gasteiger partial charge in [0.15, 0.2) is 17.5 Å². The number of aromatic nitrogens is 4. The maximum atomic E-state index is 6.51. The van der Waals surface area contributed by atoms with Gasteiger partial charge in [0.2, 0.25) is 0 Å². The molecule has 9 rings (SSSR count). The number of fused-ring (bicyclic) bond motifs is 5. The number of pyridine rings is 1. The smallest absolute Gasteiger partial charge is 0.164 e. The third kappa shape index (κ3) is 4.82. The lowest BCUT2D eigenvalue weighted by Gasteiger charge is -2.10. The molecule has 0 saturated carbocycles. The van der Waals surface area contributed by atoms with Gasteiger partial charge in [-0.05, 0) is 29.3 Å². The molecule has 0 radical (unpaired) electrons. The molecule has 0 N–H and O–H groups in total. The summed E-state index contributed by atoms with van der Waals surface area (Å²) in [4.78, 5) is 19.9. The summed E-state index contributed by atoms with van der Waals surface area (Å²) < 4.78 is 6.51. The highest BCUT2D eigenvalue weighted by molar-refractivity contribution is 6.19. The van der Waals surface area contributed by atoms with Gasteiger partial charge in [0.05, 0.1) is 16.6 Å². The van der Waals surface area contributed by atoms with E-state index in [1.54, 1.807) is 0 Å². The molecule has 5 heteroatoms. The van der Waals surface area contributed by atoms with Crippen LogP contribution in [0.3, 0.4) is 0 Å². The minimum absolute atomic E-state index is 0.613. The molecule has 3 aromatic heterocycles. The van der Waals surface area contributed by atoms with Crippen LogP contribution in [0.1, 0.15) is 0 Å². The van der Waals surface area contributed by atoms with Crippen molar-refractivity contribution in [2.75, 3.05) is 0 Å². The van der Waals surface area contributed by atoms with E-state index in [-0.39, 0.29) is 0 Å². The van der Waals surface area contributed by atoms with Gasteiger partial charge in [-0.25, -0.2) is 19.9 Å². The quantitative estimate of drug-likeness (QED) is 0.196. The lowest BCUT2D eigenvalue weighted by molar-refractivity contribution is 0.672. The Hall–Kier alpha value is -6.46. The van der Waals surface area contributed by atoms with Crippen LogP contribution in [0.2, 0.25) is 0 Å². The van der Waals surface area contributed by atoms with Gasteiger partial charge in [-0.2, -0.15) is 0 Å². The molecule has 0 saturated heterocycles. The largest absolute Gasteiger partial charge is 0.455 e. The number of para-hydroxylation sites is 1. The van der Waals surface area contributed by atoms with Gasteiger partial charge < -0.3 is 4.42 Å². The van der Waals surface area contributed by atoms with Crippen LogP contribution < -0.4 is 0 Å². The molecule has 6 aromatic carbocycles. The average Bonchev–Trinajstić information content (AvgIpc) is 3.55. The first-order valence-electron chi connectivity index (χ1n) is 15.6. The van der Waals surface area contributed by atoms with Gasteiger partial charge >= 0.3 is 0 Å². The molecule has 220 valence electrons. The molecule has 5 nitrogen and oxygen atoms in total. The molecular formula is C42H26N4O. The van der Waals surface area contributed by atoms with E-state index in [2.05, 4.69) is 72.8 Å². The minimum atomic E-state index is 0.613. The van der Waals surface area contributed by atoms with Crippen LogP contribution in [0.4, 0.5) is 0 Å². The monoisotopic (exact) mass is 602 g/mol. The van der Waals surface area contributed by atoms with Crippen LogP contribution in [-0.2, 0) is 0 Å². The first-order chi connectivity index (χ1) is 23.3. The van der Waals surface area contributed by atoms with Crippen molar-refractivity contribution in [2.45, 2.75) is 0 Å². The Morgan fingerprint density at radius 3 is 1.47 bits per heavy atom. The van der Waals surface area contributed by atoms with Crippen molar-refractivity contribution in [3.8, 4) is 56.5 Å². The molecular weight excluding hydrogens is 576 g/mol. The molecule has 0 unspecified atom stereocenters. The summed E-state index contributed by atoms with van der Waals surface area (Å²) in [6.45, 7) is 0. The standard InChI is InChI=1S/C42H26N4O/c1-4-12-27(13-5-1)32-24-25-33-35(26-32)43-38(37-34-18-10-11-19-36(34)47-39(33)37)28-20-22-31(23-21-28)42-45-40(29-14-6-2-7-15-29)44-41(46-42)30-16-8-3-9-17-30/h1-26H. The normalized spacial score (nSPS) is 11.4. The van der Waals surface area contributed by atoms with Crippen molar-refractivity contribution in [1.82, 2.24) is 19.9 Å². The van der Waals surface area contributed by atoms with Crippen molar-refractivity contribution in [2.24, 2.45) is 0 Å². The molecule has 9 aromatic rings. The second-order valence-corrected chi connectivity index (χ2v) is 11.5. The Morgan fingerprint density at radius 2 is 0.851 bits per heavy atom. The zero-order valence-corrected chi connectivity index (χ0v) is 25.2. The Balaban J connectivity index is 1.21. The fourth-order valence-corrected chi connectivity index (χ4v) is 6.20. The van der Waals surface area contributed by atoms with Crippen LogP contribution in [0, 0.1) is 0 Å². The SMILES string of the molecule is c1ccc(-c2ccc3c(c2)nc(-c2ccc(-c4nc(-c5ccccc5)nc(-c5ccccc5)n4)cc2)c2c4ccccc4oc32)cc1. The molecule has 3 heterocycles. The summed E-state index contributed by atoms with van der Waals surface area (Å²) >= 11 is 0. The van der Waals surface area contributed by atoms with Gasteiger partial charge in [0, 0.05) is 33.0 Å². The highest BCUT2D eigenvalue weighted by Crippen LogP contribution is 2.40. The second kappa shape index (κ2) is 11.2. The number of hydrogen-bond acceptors (Lipinski definition) is 5. The second-order valence-electron chi connectivity index (χ2n) is 11.5. The van der Waals surface area contributed by atoms with Crippen LogP contribution in [-0.4, -0.2) is 19.9 Å². The Morgan fingerprint density at radius 1 is 0.362 bits per heavy atom. The number of nitrogens with zero attached hydrogens (tertiary/aromatic N) is 4. The highest BCUT2D eigenvalue weighted by Gasteiger charge is 2.19. The Bertz CT molecular complexity index is 2490. The van der Waals surface area contributed by atoms with E-state index in [1.807, 2.05) is 84.9 Å². The topological polar surface area (TPSA) is 64.7 Å². The van der Waals surface area contributed by atoms with E-state index in [4.69, 9.17) is 24.4 Å². The van der Waals surface area contributed by atoms with Crippen molar-refractivity contribution < 1.29 is 4.42 Å². The third-order valence-electron chi connectivity index (χ3n) is 8.53. The zero-order chi connectivity index (χ0) is 31.2. The van der Waals surface area contributed by atoms with E-state index in [1.165, 1.54) is 0 Å². The molecule has 0 fully saturated rings. The number of benzene rings is 6. The molecule has 0 bridgehead atoms. The number of rotatable bonds is 5. The fourth-order valence-electron chi connectivity index (χ4n) is 6.20. The maximum absolute atomic E-state index is 6.51. The van der Waals surface area contributed by atoms with E-state index in [9.17, 15) is 0 Å². The van der Waals surface area contributed by atoms with Gasteiger partial charge in [-0.1, -0.05) is 140 Å². The Labute approximate surface area is 270 Å². The van der Waals surface area contributed by atoms with Crippen LogP contribution in [0.25, 0.3) is 89.4 Å². The fraction of sp³-hybridized carbons (Fsp3) is 0. The average molecular weight is 603 g/mol. The van der Waals surface area contributed by atoms with Crippen LogP contribution in [0.5, 0.6) is 0 Å². The molecule has 0 aliphatic rings. The predicted molar refractivity (Wildman–Crippen MR) is 190 cm³/mol. The minimum Gasteiger partial charge on any atom is -0.455 e. The summed E-state index contributed by atoms with van der Waals surface area (Å²) in [5.74, 6) is 1.88. The molecule has 0 amide bonds. The van der Waals surface area contributed by atoms with E-state index in [0.717, 1.165) is 71.9 Å². The van der Waals surface area contributed by atoms with E-state index in [0.29, 0.717) is 17.5 Å². The number of furan rings is 1. The van der Waals surface area contributed by atoms with Crippen LogP contribution >= 0.6 is 0 Å². The summed E-state index contributed by atoms with van der Waals surface area (Å²) in [5, 5.41) is 3.04. The molecule has 0 spiro atoms. The summed E-state index contributed by atoms with van der Waals surface area (Å²) in [6, 6.07) is 53.3. The van der Waals surface area contributed by atoms with Gasteiger partial charge in [0.25, 0.3) is 0 Å². The summed E-state index contributed by atoms with van der Waals surface area (Å²) in [7, 11) is 0. The van der Waals surface area contributed by atoms with Crippen LogP contribution in [0.15, 0.2) is 162 Å². The zero-order valence-electron chi connectivity index (χ0n) is 25.2. The van der Waals surface area contributed by atoms with E-state index >= 15 is 0 Å². The lowest BCUT2D eigenvalue weighted by atomic mass is 9.99. The van der Waals surface area contributed by atoms with E-state index < -0.39 is 0 Å². The van der Waals surface area contributed by atoms with Gasteiger partial charge in [-0.3, -0.25) is 0 Å². The van der Waals surface area contributed by atoms with Crippen molar-refractivity contribution in [3.05, 3.63) is 158 Å². The Kier molecular flexibility index (Phi) is 6.39. The van der Waals surface area contributed by atoms with Crippen molar-refractivity contribution in [1.29, 1.82) is 0 Å². The first kappa shape index (κ1) is 26.9. The highest BCUT2D eigenvalue weighted by atomic mass is 16.3. The molecule has 0 aliphatic heterocycles.